The van der Waals surface area contributed by atoms with Crippen molar-refractivity contribution in [3.63, 3.8) is 0 Å². The highest BCUT2D eigenvalue weighted by atomic mass is 32.2. The summed E-state index contributed by atoms with van der Waals surface area (Å²) in [7, 11) is -0.405. The second kappa shape index (κ2) is 9.56. The molecule has 0 radical (unpaired) electrons. The maximum atomic E-state index is 12.9. The number of sulfonamides is 1. The van der Waals surface area contributed by atoms with Crippen LogP contribution in [-0.4, -0.2) is 45.7 Å². The number of amides is 2. The molecule has 0 bridgehead atoms. The Morgan fingerprint density at radius 1 is 1.15 bits per heavy atom. The van der Waals surface area contributed by atoms with E-state index in [4.69, 9.17) is 14.9 Å². The number of nitrogens with one attached hydrogen (secondary N) is 1. The average Bonchev–Trinajstić information content (AvgIpc) is 2.70. The molecular formula is C23H25N3O7S. The number of carbonyl (C=O) groups excluding carboxylic acids is 2. The number of hydrogen-bond donors (Lipinski definition) is 2. The predicted molar refractivity (Wildman–Crippen MR) is 128 cm³/mol. The van der Waals surface area contributed by atoms with Gasteiger partial charge in [-0.05, 0) is 41.8 Å². The Bertz CT molecular complexity index is 1440. The minimum Gasteiger partial charge on any atom is -0.422 e. The van der Waals surface area contributed by atoms with Crippen molar-refractivity contribution in [2.45, 2.75) is 19.8 Å². The van der Waals surface area contributed by atoms with E-state index in [-0.39, 0.29) is 29.7 Å². The van der Waals surface area contributed by atoms with Crippen LogP contribution in [0.15, 0.2) is 45.6 Å². The molecule has 1 heterocycles. The van der Waals surface area contributed by atoms with Gasteiger partial charge in [0, 0.05) is 43.2 Å². The van der Waals surface area contributed by atoms with Crippen molar-refractivity contribution in [2.24, 2.45) is 5.73 Å². The first kappa shape index (κ1) is 24.8. The SMILES string of the molecule is Cc1cc2c(CC(N)=O)c(Cc3cccc(NS(C)(=O)=O)c3)c(=O)oc2cc1OC(=O)N(C)C. The monoisotopic (exact) mass is 487 g/mol. The number of ether oxygens (including phenoxy) is 1. The third-order valence-electron chi connectivity index (χ3n) is 4.94. The fourth-order valence-electron chi connectivity index (χ4n) is 3.45. The van der Waals surface area contributed by atoms with E-state index in [1.807, 2.05) is 0 Å². The standard InChI is InChI=1S/C23H25N3O7S/c1-13-8-17-16(11-21(24)27)18(10-14-6-5-7-15(9-14)25-34(4,30)31)22(28)32-20(17)12-19(13)33-23(29)26(2)3/h5-9,12,25H,10-11H2,1-4H3,(H2,24,27). The van der Waals surface area contributed by atoms with Crippen LogP contribution in [0.4, 0.5) is 10.5 Å². The molecule has 180 valence electrons. The Kier molecular flexibility index (Phi) is 6.96. The highest BCUT2D eigenvalue weighted by molar-refractivity contribution is 7.92. The summed E-state index contributed by atoms with van der Waals surface area (Å²) in [5.41, 5.74) is 7.10. The van der Waals surface area contributed by atoms with E-state index in [0.29, 0.717) is 27.8 Å². The van der Waals surface area contributed by atoms with Gasteiger partial charge in [0.05, 0.1) is 12.7 Å². The summed E-state index contributed by atoms with van der Waals surface area (Å²) in [5, 5.41) is 0.487. The molecule has 3 aromatic rings. The van der Waals surface area contributed by atoms with Gasteiger partial charge in [0.2, 0.25) is 15.9 Å². The van der Waals surface area contributed by atoms with Crippen LogP contribution in [0.5, 0.6) is 5.75 Å². The third kappa shape index (κ3) is 5.93. The minimum absolute atomic E-state index is 0.0799. The molecule has 0 aliphatic rings. The van der Waals surface area contributed by atoms with Crippen molar-refractivity contribution in [3.8, 4) is 5.75 Å². The second-order valence-corrected chi connectivity index (χ2v) is 9.87. The summed E-state index contributed by atoms with van der Waals surface area (Å²) < 4.78 is 36.3. The van der Waals surface area contributed by atoms with Gasteiger partial charge >= 0.3 is 11.7 Å². The molecule has 3 rings (SSSR count). The van der Waals surface area contributed by atoms with Gasteiger partial charge in [0.25, 0.3) is 0 Å². The van der Waals surface area contributed by atoms with Gasteiger partial charge in [-0.25, -0.2) is 18.0 Å². The number of primary amides is 1. The molecule has 10 nitrogen and oxygen atoms in total. The summed E-state index contributed by atoms with van der Waals surface area (Å²) in [6.07, 6.45) is 0.307. The smallest absolute Gasteiger partial charge is 0.414 e. The van der Waals surface area contributed by atoms with Crippen molar-refractivity contribution in [1.82, 2.24) is 4.90 Å². The molecule has 0 aliphatic heterocycles. The van der Waals surface area contributed by atoms with Gasteiger partial charge in [0.1, 0.15) is 11.3 Å². The first-order chi connectivity index (χ1) is 15.8. The van der Waals surface area contributed by atoms with Crippen LogP contribution in [0.3, 0.4) is 0 Å². The molecule has 0 fully saturated rings. The van der Waals surface area contributed by atoms with Crippen LogP contribution in [0, 0.1) is 6.92 Å². The Labute approximate surface area is 196 Å². The van der Waals surface area contributed by atoms with Crippen LogP contribution < -0.4 is 20.8 Å². The number of fused-ring (bicyclic) bond motifs is 1. The Hall–Kier alpha value is -3.86. The van der Waals surface area contributed by atoms with Gasteiger partial charge in [-0.15, -0.1) is 0 Å². The number of hydrogen-bond acceptors (Lipinski definition) is 7. The molecule has 0 spiro atoms. The maximum Gasteiger partial charge on any atom is 0.414 e. The Morgan fingerprint density at radius 2 is 1.85 bits per heavy atom. The normalized spacial score (nSPS) is 11.3. The molecular weight excluding hydrogens is 462 g/mol. The fourth-order valence-corrected chi connectivity index (χ4v) is 4.01. The van der Waals surface area contributed by atoms with Crippen molar-refractivity contribution < 1.29 is 27.2 Å². The van der Waals surface area contributed by atoms with E-state index in [0.717, 1.165) is 6.26 Å². The number of nitrogens with zero attached hydrogens (tertiary/aromatic N) is 1. The topological polar surface area (TPSA) is 149 Å². The maximum absolute atomic E-state index is 12.9. The molecule has 0 saturated carbocycles. The summed E-state index contributed by atoms with van der Waals surface area (Å²) in [5.74, 6) is -0.423. The molecule has 0 atom stereocenters. The molecule has 2 amide bonds. The molecule has 0 unspecified atom stereocenters. The minimum atomic E-state index is -3.48. The lowest BCUT2D eigenvalue weighted by atomic mass is 9.95. The fraction of sp³-hybridized carbons (Fsp3) is 0.261. The van der Waals surface area contributed by atoms with Gasteiger partial charge in [-0.3, -0.25) is 9.52 Å². The number of nitrogens with two attached hydrogens (primary N) is 1. The first-order valence-corrected chi connectivity index (χ1v) is 12.1. The van der Waals surface area contributed by atoms with Gasteiger partial charge in [-0.2, -0.15) is 0 Å². The molecule has 1 aromatic heterocycles. The number of benzene rings is 2. The number of anilines is 1. The molecule has 3 N–H and O–H groups in total. The van der Waals surface area contributed by atoms with E-state index in [1.54, 1.807) is 37.3 Å². The Morgan fingerprint density at radius 3 is 2.47 bits per heavy atom. The van der Waals surface area contributed by atoms with Crippen LogP contribution in [0.25, 0.3) is 11.0 Å². The summed E-state index contributed by atoms with van der Waals surface area (Å²) in [6.45, 7) is 1.72. The molecule has 0 saturated heterocycles. The van der Waals surface area contributed by atoms with Crippen LogP contribution in [0.2, 0.25) is 0 Å². The lowest BCUT2D eigenvalue weighted by molar-refractivity contribution is -0.117. The number of carbonyl (C=O) groups is 2. The van der Waals surface area contributed by atoms with E-state index in [2.05, 4.69) is 4.72 Å². The van der Waals surface area contributed by atoms with E-state index >= 15 is 0 Å². The largest absolute Gasteiger partial charge is 0.422 e. The van der Waals surface area contributed by atoms with Crippen LogP contribution in [-0.2, 0) is 27.7 Å². The zero-order valence-electron chi connectivity index (χ0n) is 19.2. The summed E-state index contributed by atoms with van der Waals surface area (Å²) in [4.78, 5) is 38.0. The zero-order valence-corrected chi connectivity index (χ0v) is 20.0. The van der Waals surface area contributed by atoms with Gasteiger partial charge < -0.3 is 19.8 Å². The van der Waals surface area contributed by atoms with E-state index in [1.165, 1.54) is 25.1 Å². The van der Waals surface area contributed by atoms with Crippen LogP contribution >= 0.6 is 0 Å². The Balaban J connectivity index is 2.12. The second-order valence-electron chi connectivity index (χ2n) is 8.12. The van der Waals surface area contributed by atoms with Crippen LogP contribution in [0.1, 0.15) is 22.3 Å². The van der Waals surface area contributed by atoms with Crippen molar-refractivity contribution in [1.29, 1.82) is 0 Å². The summed E-state index contributed by atoms with van der Waals surface area (Å²) in [6, 6.07) is 9.64. The number of aryl methyl sites for hydroxylation is 1. The van der Waals surface area contributed by atoms with Crippen molar-refractivity contribution >= 4 is 38.7 Å². The lowest BCUT2D eigenvalue weighted by Crippen LogP contribution is -2.25. The molecule has 11 heteroatoms. The van der Waals surface area contributed by atoms with Gasteiger partial charge in [-0.1, -0.05) is 12.1 Å². The van der Waals surface area contributed by atoms with E-state index < -0.39 is 27.6 Å². The lowest BCUT2D eigenvalue weighted by Gasteiger charge is -2.15. The van der Waals surface area contributed by atoms with Gasteiger partial charge in [0.15, 0.2) is 0 Å². The molecule has 2 aromatic carbocycles. The molecule has 34 heavy (non-hydrogen) atoms. The van der Waals surface area contributed by atoms with E-state index in [9.17, 15) is 22.8 Å². The molecule has 0 aliphatic carbocycles. The summed E-state index contributed by atoms with van der Waals surface area (Å²) >= 11 is 0. The average molecular weight is 488 g/mol. The number of rotatable bonds is 7. The van der Waals surface area contributed by atoms with Crippen molar-refractivity contribution in [2.75, 3.05) is 25.1 Å². The van der Waals surface area contributed by atoms with Crippen molar-refractivity contribution in [3.05, 3.63) is 69.1 Å². The first-order valence-electron chi connectivity index (χ1n) is 10.2. The highest BCUT2D eigenvalue weighted by Gasteiger charge is 2.20. The highest BCUT2D eigenvalue weighted by Crippen LogP contribution is 2.30. The third-order valence-corrected chi connectivity index (χ3v) is 5.55. The quantitative estimate of drug-likeness (QED) is 0.485. The zero-order chi connectivity index (χ0) is 25.2. The predicted octanol–water partition coefficient (Wildman–Crippen LogP) is 2.15.